The van der Waals surface area contributed by atoms with Crippen molar-refractivity contribution in [1.82, 2.24) is 4.90 Å². The quantitative estimate of drug-likeness (QED) is 0.540. The number of likely N-dealkylation sites (N-methyl/N-ethyl adjacent to an activating group) is 1. The van der Waals surface area contributed by atoms with Crippen LogP contribution in [-0.2, 0) is 14.3 Å². The lowest BCUT2D eigenvalue weighted by Crippen LogP contribution is -2.63. The van der Waals surface area contributed by atoms with E-state index in [1.54, 1.807) is 6.08 Å². The van der Waals surface area contributed by atoms with E-state index in [2.05, 4.69) is 6.58 Å². The Morgan fingerprint density at radius 2 is 2.25 bits per heavy atom. The van der Waals surface area contributed by atoms with Crippen LogP contribution in [0.3, 0.4) is 0 Å². The molecule has 0 unspecified atom stereocenters. The lowest BCUT2D eigenvalue weighted by atomic mass is 9.68. The summed E-state index contributed by atoms with van der Waals surface area (Å²) in [5, 5.41) is 0. The van der Waals surface area contributed by atoms with Gasteiger partial charge >= 0.3 is 5.97 Å². The van der Waals surface area contributed by atoms with E-state index in [0.717, 1.165) is 0 Å². The minimum Gasteiger partial charge on any atom is -0.468 e. The van der Waals surface area contributed by atoms with Gasteiger partial charge in [-0.05, 0) is 14.0 Å². The number of rotatable bonds is 3. The van der Waals surface area contributed by atoms with Gasteiger partial charge < -0.3 is 9.47 Å². The Balaban J connectivity index is 3.32. The van der Waals surface area contributed by atoms with Crippen molar-refractivity contribution in [2.24, 2.45) is 5.41 Å². The summed E-state index contributed by atoms with van der Waals surface area (Å²) in [6, 6.07) is 0. The van der Waals surface area contributed by atoms with Gasteiger partial charge in [-0.1, -0.05) is 19.9 Å². The van der Waals surface area contributed by atoms with Crippen molar-refractivity contribution in [2.75, 3.05) is 20.9 Å². The molecule has 0 saturated carbocycles. The molecule has 1 aliphatic heterocycles. The Hall–Kier alpha value is -0.870. The number of hydrogen-bond donors (Lipinski definition) is 0. The first-order valence-corrected chi connectivity index (χ1v) is 5.39. The van der Waals surface area contributed by atoms with E-state index in [4.69, 9.17) is 9.47 Å². The Morgan fingerprint density at radius 1 is 1.69 bits per heavy atom. The second-order valence-electron chi connectivity index (χ2n) is 4.82. The number of hydrogen-bond acceptors (Lipinski definition) is 4. The summed E-state index contributed by atoms with van der Waals surface area (Å²) >= 11 is 0. The zero-order chi connectivity index (χ0) is 12.6. The Bertz CT molecular complexity index is 289. The molecule has 16 heavy (non-hydrogen) atoms. The molecular formula is C12H21NO3. The van der Waals surface area contributed by atoms with E-state index < -0.39 is 11.0 Å². The first-order valence-electron chi connectivity index (χ1n) is 5.39. The fourth-order valence-corrected chi connectivity index (χ4v) is 2.67. The first-order chi connectivity index (χ1) is 7.34. The average Bonchev–Trinajstić information content (AvgIpc) is 2.55. The van der Waals surface area contributed by atoms with Crippen molar-refractivity contribution < 1.29 is 14.3 Å². The van der Waals surface area contributed by atoms with Gasteiger partial charge in [-0.3, -0.25) is 4.90 Å². The molecule has 0 amide bonds. The molecule has 1 saturated heterocycles. The summed E-state index contributed by atoms with van der Waals surface area (Å²) in [5.74, 6) is -0.273. The largest absolute Gasteiger partial charge is 0.468 e. The molecule has 0 bridgehead atoms. The summed E-state index contributed by atoms with van der Waals surface area (Å²) in [7, 11) is 3.27. The van der Waals surface area contributed by atoms with Crippen LogP contribution in [0.1, 0.15) is 20.8 Å². The lowest BCUT2D eigenvalue weighted by Gasteiger charge is -2.45. The Labute approximate surface area is 97.2 Å². The molecule has 0 spiro atoms. The summed E-state index contributed by atoms with van der Waals surface area (Å²) < 4.78 is 10.5. The molecule has 1 fully saturated rings. The molecule has 92 valence electrons. The average molecular weight is 227 g/mol. The van der Waals surface area contributed by atoms with Crippen LogP contribution in [0, 0.1) is 5.41 Å². The molecule has 4 heteroatoms. The fraction of sp³-hybridized carbons (Fsp3) is 0.750. The van der Waals surface area contributed by atoms with Gasteiger partial charge in [0, 0.05) is 5.41 Å². The number of ether oxygens (including phenoxy) is 2. The smallest absolute Gasteiger partial charge is 0.329 e. The van der Waals surface area contributed by atoms with E-state index in [1.165, 1.54) is 7.11 Å². The van der Waals surface area contributed by atoms with E-state index in [0.29, 0.717) is 6.73 Å². The summed E-state index contributed by atoms with van der Waals surface area (Å²) in [5.41, 5.74) is -1.23. The molecule has 0 aromatic rings. The first kappa shape index (κ1) is 13.2. The van der Waals surface area contributed by atoms with Crippen molar-refractivity contribution in [1.29, 1.82) is 0 Å². The molecule has 0 aromatic heterocycles. The summed E-state index contributed by atoms with van der Waals surface area (Å²) in [4.78, 5) is 14.1. The highest BCUT2D eigenvalue weighted by Crippen LogP contribution is 2.44. The monoisotopic (exact) mass is 227 g/mol. The number of nitrogens with zero attached hydrogens (tertiary/aromatic N) is 1. The maximum absolute atomic E-state index is 12.2. The van der Waals surface area contributed by atoms with Crippen LogP contribution >= 0.6 is 0 Å². The van der Waals surface area contributed by atoms with Gasteiger partial charge in [0.15, 0.2) is 5.54 Å². The van der Waals surface area contributed by atoms with E-state index in [1.807, 2.05) is 32.7 Å². The molecule has 0 N–H and O–H groups in total. The van der Waals surface area contributed by atoms with Crippen LogP contribution in [0.4, 0.5) is 0 Å². The second-order valence-corrected chi connectivity index (χ2v) is 4.82. The fourth-order valence-electron chi connectivity index (χ4n) is 2.67. The number of carbonyl (C=O) groups is 1. The molecule has 1 rings (SSSR count). The van der Waals surface area contributed by atoms with Crippen LogP contribution in [0.2, 0.25) is 0 Å². The number of esters is 1. The minimum absolute atomic E-state index is 0.224. The molecular weight excluding hydrogens is 206 g/mol. The molecule has 0 aromatic carbocycles. The zero-order valence-electron chi connectivity index (χ0n) is 10.7. The van der Waals surface area contributed by atoms with Crippen molar-refractivity contribution in [2.45, 2.75) is 32.4 Å². The van der Waals surface area contributed by atoms with Gasteiger partial charge in [0.2, 0.25) is 0 Å². The third-order valence-corrected chi connectivity index (χ3v) is 3.70. The minimum atomic E-state index is -0.802. The number of carbonyl (C=O) groups excluding carboxylic acids is 1. The molecule has 2 atom stereocenters. The molecule has 4 nitrogen and oxygen atoms in total. The Kier molecular flexibility index (Phi) is 3.45. The molecule has 1 aliphatic rings. The highest BCUT2D eigenvalue weighted by atomic mass is 16.5. The Morgan fingerprint density at radius 3 is 2.56 bits per heavy atom. The third kappa shape index (κ3) is 1.48. The highest BCUT2D eigenvalue weighted by molar-refractivity contribution is 5.83. The predicted molar refractivity (Wildman–Crippen MR) is 61.9 cm³/mol. The van der Waals surface area contributed by atoms with Crippen molar-refractivity contribution in [3.05, 3.63) is 12.7 Å². The van der Waals surface area contributed by atoms with Gasteiger partial charge in [0.05, 0.1) is 13.2 Å². The standard InChI is InChI=1S/C12H21NO3/c1-7-11(3,4)12(10(14)15-6)9(2)16-8-13(12)5/h7,9H,1,8H2,2-6H3/t9-,12+/m1/s1. The van der Waals surface area contributed by atoms with Crippen LogP contribution in [-0.4, -0.2) is 43.4 Å². The van der Waals surface area contributed by atoms with E-state index in [9.17, 15) is 4.79 Å². The van der Waals surface area contributed by atoms with Crippen LogP contribution in [0.25, 0.3) is 0 Å². The van der Waals surface area contributed by atoms with Crippen molar-refractivity contribution in [3.63, 3.8) is 0 Å². The summed E-state index contributed by atoms with van der Waals surface area (Å²) in [6.07, 6.45) is 1.56. The van der Waals surface area contributed by atoms with E-state index in [-0.39, 0.29) is 12.1 Å². The van der Waals surface area contributed by atoms with Gasteiger partial charge in [0.25, 0.3) is 0 Å². The second kappa shape index (κ2) is 4.18. The summed E-state index contributed by atoms with van der Waals surface area (Å²) in [6.45, 7) is 10.1. The maximum Gasteiger partial charge on any atom is 0.329 e. The SMILES string of the molecule is C=CC(C)(C)[C@@]1(C(=O)OC)[C@@H](C)OCN1C. The lowest BCUT2D eigenvalue weighted by molar-refractivity contribution is -0.160. The highest BCUT2D eigenvalue weighted by Gasteiger charge is 2.61. The topological polar surface area (TPSA) is 38.8 Å². The molecule has 0 aliphatic carbocycles. The van der Waals surface area contributed by atoms with Crippen molar-refractivity contribution in [3.8, 4) is 0 Å². The van der Waals surface area contributed by atoms with Crippen LogP contribution in [0.5, 0.6) is 0 Å². The zero-order valence-corrected chi connectivity index (χ0v) is 10.7. The maximum atomic E-state index is 12.2. The van der Waals surface area contributed by atoms with E-state index >= 15 is 0 Å². The van der Waals surface area contributed by atoms with Gasteiger partial charge in [-0.15, -0.1) is 6.58 Å². The predicted octanol–water partition coefficient (Wildman–Crippen LogP) is 1.42. The molecule has 0 radical (unpaired) electrons. The van der Waals surface area contributed by atoms with Crippen LogP contribution in [0.15, 0.2) is 12.7 Å². The van der Waals surface area contributed by atoms with Gasteiger partial charge in [-0.25, -0.2) is 4.79 Å². The van der Waals surface area contributed by atoms with Gasteiger partial charge in [-0.2, -0.15) is 0 Å². The molecule has 1 heterocycles. The normalized spacial score (nSPS) is 31.4. The third-order valence-electron chi connectivity index (χ3n) is 3.70. The number of methoxy groups -OCH3 is 1. The van der Waals surface area contributed by atoms with Crippen LogP contribution < -0.4 is 0 Å². The van der Waals surface area contributed by atoms with Gasteiger partial charge in [0.1, 0.15) is 6.73 Å². The van der Waals surface area contributed by atoms with Crippen molar-refractivity contribution >= 4 is 5.97 Å².